The topological polar surface area (TPSA) is 63.1 Å². The summed E-state index contributed by atoms with van der Waals surface area (Å²) >= 11 is 1.27. The number of nitrogens with zero attached hydrogens (tertiary/aromatic N) is 2. The highest BCUT2D eigenvalue weighted by atomic mass is 32.2. The van der Waals surface area contributed by atoms with Gasteiger partial charge in [-0.25, -0.2) is 0 Å². The highest BCUT2D eigenvalue weighted by Gasteiger charge is 2.23. The fourth-order valence-electron chi connectivity index (χ4n) is 2.01. The van der Waals surface area contributed by atoms with E-state index >= 15 is 0 Å². The van der Waals surface area contributed by atoms with Gasteiger partial charge < -0.3 is 4.74 Å². The van der Waals surface area contributed by atoms with Crippen LogP contribution in [0.2, 0.25) is 0 Å². The third-order valence-corrected chi connectivity index (χ3v) is 4.12. The van der Waals surface area contributed by atoms with Crippen LogP contribution in [0.15, 0.2) is 69.7 Å². The van der Waals surface area contributed by atoms with Gasteiger partial charge in [0.25, 0.3) is 5.91 Å². The van der Waals surface area contributed by atoms with Crippen molar-refractivity contribution in [3.05, 3.63) is 70.6 Å². The number of amidine groups is 1. The summed E-state index contributed by atoms with van der Waals surface area (Å²) in [4.78, 5) is 12.5. The van der Waals surface area contributed by atoms with Gasteiger partial charge in [-0.2, -0.15) is 5.10 Å². The predicted molar refractivity (Wildman–Crippen MR) is 98.2 cm³/mol. The van der Waals surface area contributed by atoms with Gasteiger partial charge in [0.2, 0.25) is 0 Å². The van der Waals surface area contributed by atoms with Crippen molar-refractivity contribution in [3.63, 3.8) is 0 Å². The van der Waals surface area contributed by atoms with Crippen molar-refractivity contribution in [1.29, 1.82) is 0 Å². The lowest BCUT2D eigenvalue weighted by atomic mass is 10.2. The number of hydrogen-bond donors (Lipinski definition) is 1. The molecule has 1 N–H and O–H groups in total. The van der Waals surface area contributed by atoms with Gasteiger partial charge in [-0.05, 0) is 53.2 Å². The quantitative estimate of drug-likeness (QED) is 0.529. The van der Waals surface area contributed by atoms with Crippen molar-refractivity contribution in [1.82, 2.24) is 5.32 Å². The van der Waals surface area contributed by atoms with E-state index in [0.29, 0.717) is 10.1 Å². The van der Waals surface area contributed by atoms with E-state index < -0.39 is 0 Å². The molecule has 2 aromatic carbocycles. The maximum Gasteiger partial charge on any atom is 0.264 e. The molecule has 2 aromatic rings. The minimum absolute atomic E-state index is 0.165. The lowest BCUT2D eigenvalue weighted by Gasteiger charge is -1.97. The lowest BCUT2D eigenvalue weighted by molar-refractivity contribution is -0.115. The third-order valence-electron chi connectivity index (χ3n) is 3.22. The van der Waals surface area contributed by atoms with Crippen molar-refractivity contribution in [3.8, 4) is 5.75 Å². The summed E-state index contributed by atoms with van der Waals surface area (Å²) in [6.07, 6.45) is 3.45. The van der Waals surface area contributed by atoms with Gasteiger partial charge in [0.15, 0.2) is 5.17 Å². The Bertz CT molecular complexity index is 812. The van der Waals surface area contributed by atoms with Crippen LogP contribution in [-0.2, 0) is 4.79 Å². The molecular formula is C18H15N3O2S. The number of carbonyl (C=O) groups is 1. The number of thioether (sulfide) groups is 1. The van der Waals surface area contributed by atoms with E-state index in [1.54, 1.807) is 13.3 Å². The minimum atomic E-state index is -0.165. The molecule has 1 fully saturated rings. The van der Waals surface area contributed by atoms with Crippen LogP contribution >= 0.6 is 11.8 Å². The summed E-state index contributed by atoms with van der Waals surface area (Å²) in [5.74, 6) is 0.620. The van der Waals surface area contributed by atoms with Crippen molar-refractivity contribution in [2.45, 2.75) is 0 Å². The summed E-state index contributed by atoms with van der Waals surface area (Å²) in [7, 11) is 1.62. The summed E-state index contributed by atoms with van der Waals surface area (Å²) < 4.78 is 5.10. The van der Waals surface area contributed by atoms with Crippen LogP contribution in [0.4, 0.5) is 0 Å². The largest absolute Gasteiger partial charge is 0.497 e. The molecule has 0 saturated carbocycles. The van der Waals surface area contributed by atoms with Gasteiger partial charge in [-0.1, -0.05) is 30.3 Å². The molecule has 3 rings (SSSR count). The summed E-state index contributed by atoms with van der Waals surface area (Å²) in [6, 6.07) is 17.1. The molecule has 0 unspecified atom stereocenters. The number of methoxy groups -OCH3 is 1. The van der Waals surface area contributed by atoms with Gasteiger partial charge in [-0.15, -0.1) is 5.10 Å². The smallest absolute Gasteiger partial charge is 0.264 e. The predicted octanol–water partition coefficient (Wildman–Crippen LogP) is 3.29. The van der Waals surface area contributed by atoms with Crippen molar-refractivity contribution >= 4 is 35.1 Å². The maximum atomic E-state index is 11.9. The number of hydrogen-bond acceptors (Lipinski definition) is 5. The molecule has 1 heterocycles. The second kappa shape index (κ2) is 7.61. The first-order valence-corrected chi connectivity index (χ1v) is 8.07. The Kier molecular flexibility index (Phi) is 5.08. The SMILES string of the molecule is COc1ccc(/C=N\N=C2\NC(=O)/C(=C/c3ccccc3)S2)cc1. The van der Waals surface area contributed by atoms with Crippen molar-refractivity contribution in [2.75, 3.05) is 7.11 Å². The average Bonchev–Trinajstić information content (AvgIpc) is 2.96. The molecule has 0 radical (unpaired) electrons. The first kappa shape index (κ1) is 16.0. The number of benzene rings is 2. The molecule has 0 bridgehead atoms. The Morgan fingerprint density at radius 2 is 1.79 bits per heavy atom. The molecular weight excluding hydrogens is 322 g/mol. The molecule has 6 heteroatoms. The number of rotatable bonds is 4. The van der Waals surface area contributed by atoms with Crippen molar-refractivity contribution < 1.29 is 9.53 Å². The molecule has 1 aliphatic rings. The number of carbonyl (C=O) groups excluding carboxylic acids is 1. The zero-order valence-corrected chi connectivity index (χ0v) is 13.8. The van der Waals surface area contributed by atoms with E-state index in [-0.39, 0.29) is 5.91 Å². The molecule has 1 saturated heterocycles. The van der Waals surface area contributed by atoms with E-state index in [2.05, 4.69) is 15.5 Å². The van der Waals surface area contributed by atoms with Gasteiger partial charge in [0, 0.05) is 0 Å². The Morgan fingerprint density at radius 3 is 2.50 bits per heavy atom. The van der Waals surface area contributed by atoms with Crippen LogP contribution in [0.3, 0.4) is 0 Å². The fourth-order valence-corrected chi connectivity index (χ4v) is 2.79. The number of amides is 1. The zero-order valence-electron chi connectivity index (χ0n) is 13.0. The second-order valence-electron chi connectivity index (χ2n) is 4.90. The Balaban J connectivity index is 1.67. The first-order chi connectivity index (χ1) is 11.7. The van der Waals surface area contributed by atoms with Crippen LogP contribution in [-0.4, -0.2) is 24.4 Å². The first-order valence-electron chi connectivity index (χ1n) is 7.25. The number of nitrogens with one attached hydrogen (secondary N) is 1. The Hall–Kier alpha value is -2.86. The Labute approximate surface area is 144 Å². The van der Waals surface area contributed by atoms with Crippen LogP contribution in [0.25, 0.3) is 6.08 Å². The summed E-state index contributed by atoms with van der Waals surface area (Å²) in [6.45, 7) is 0. The Morgan fingerprint density at radius 1 is 1.04 bits per heavy atom. The lowest BCUT2D eigenvalue weighted by Crippen LogP contribution is -2.19. The van der Waals surface area contributed by atoms with E-state index in [4.69, 9.17) is 4.74 Å². The molecule has 24 heavy (non-hydrogen) atoms. The van der Waals surface area contributed by atoms with E-state index in [9.17, 15) is 4.79 Å². The molecule has 0 aliphatic carbocycles. The van der Waals surface area contributed by atoms with Gasteiger partial charge >= 0.3 is 0 Å². The molecule has 1 amide bonds. The van der Waals surface area contributed by atoms with E-state index in [0.717, 1.165) is 16.9 Å². The second-order valence-corrected chi connectivity index (χ2v) is 5.93. The summed E-state index contributed by atoms with van der Waals surface area (Å²) in [5, 5.41) is 11.2. The highest BCUT2D eigenvalue weighted by molar-refractivity contribution is 8.18. The van der Waals surface area contributed by atoms with E-state index in [1.165, 1.54) is 11.8 Å². The maximum absolute atomic E-state index is 11.9. The summed E-state index contributed by atoms with van der Waals surface area (Å²) in [5.41, 5.74) is 1.87. The number of ether oxygens (including phenoxy) is 1. The molecule has 0 atom stereocenters. The molecule has 0 aromatic heterocycles. The molecule has 0 spiro atoms. The van der Waals surface area contributed by atoms with Crippen LogP contribution in [0.1, 0.15) is 11.1 Å². The van der Waals surface area contributed by atoms with Gasteiger partial charge in [0.05, 0.1) is 18.2 Å². The third kappa shape index (κ3) is 4.11. The van der Waals surface area contributed by atoms with E-state index in [1.807, 2.05) is 60.7 Å². The molecule has 1 aliphatic heterocycles. The normalized spacial score (nSPS) is 17.6. The van der Waals surface area contributed by atoms with Gasteiger partial charge in [-0.3, -0.25) is 10.1 Å². The van der Waals surface area contributed by atoms with Crippen LogP contribution in [0.5, 0.6) is 5.75 Å². The van der Waals surface area contributed by atoms with Crippen LogP contribution in [0, 0.1) is 0 Å². The minimum Gasteiger partial charge on any atom is -0.497 e. The molecule has 120 valence electrons. The van der Waals surface area contributed by atoms with Crippen LogP contribution < -0.4 is 10.1 Å². The average molecular weight is 337 g/mol. The highest BCUT2D eigenvalue weighted by Crippen LogP contribution is 2.25. The molecule has 5 nitrogen and oxygen atoms in total. The van der Waals surface area contributed by atoms with Crippen molar-refractivity contribution in [2.24, 2.45) is 10.2 Å². The standard InChI is InChI=1S/C18H15N3O2S/c1-23-15-9-7-14(8-10-15)12-19-21-18-20-17(22)16(24-18)11-13-5-3-2-4-6-13/h2-12H,1H3,(H,20,21,22)/b16-11-,19-12-. The fraction of sp³-hybridized carbons (Fsp3) is 0.0556. The van der Waals surface area contributed by atoms with Gasteiger partial charge in [0.1, 0.15) is 5.75 Å². The zero-order chi connectivity index (χ0) is 16.8. The monoisotopic (exact) mass is 337 g/mol.